The summed E-state index contributed by atoms with van der Waals surface area (Å²) in [6.07, 6.45) is 0. The Labute approximate surface area is 175 Å². The van der Waals surface area contributed by atoms with Gasteiger partial charge in [-0.25, -0.2) is 0 Å². The van der Waals surface area contributed by atoms with Gasteiger partial charge in [0.15, 0.2) is 0 Å². The molecule has 2 aromatic carbocycles. The first-order valence-electron chi connectivity index (χ1n) is 8.49. The van der Waals surface area contributed by atoms with Gasteiger partial charge in [0.1, 0.15) is 0 Å². The molecule has 0 saturated carbocycles. The lowest BCUT2D eigenvalue weighted by Crippen LogP contribution is -2.30. The molecule has 0 aliphatic carbocycles. The van der Waals surface area contributed by atoms with Gasteiger partial charge in [-0.05, 0) is 18.2 Å². The van der Waals surface area contributed by atoms with Gasteiger partial charge in [0.05, 0.1) is 21.4 Å². The monoisotopic (exact) mass is 433 g/mol. The first-order valence-corrected chi connectivity index (χ1v) is 9.85. The van der Waals surface area contributed by atoms with Crippen LogP contribution in [0.15, 0.2) is 58.2 Å². The average molecular weight is 434 g/mol. The molecular weight excluding hydrogens is 418 g/mol. The van der Waals surface area contributed by atoms with E-state index >= 15 is 0 Å². The van der Waals surface area contributed by atoms with E-state index in [2.05, 4.69) is 20.8 Å². The number of anilines is 1. The number of aromatic nitrogens is 2. The van der Waals surface area contributed by atoms with Crippen LogP contribution in [0.4, 0.5) is 11.4 Å². The molecule has 2 N–H and O–H groups in total. The van der Waals surface area contributed by atoms with E-state index < -0.39 is 4.92 Å². The van der Waals surface area contributed by atoms with Crippen molar-refractivity contribution in [2.75, 3.05) is 24.2 Å². The minimum absolute atomic E-state index is 0.0812. The zero-order valence-electron chi connectivity index (χ0n) is 15.0. The number of halogens is 1. The Kier molecular flexibility index (Phi) is 7.04. The fraction of sp³-hybridized carbons (Fsp3) is 0.167. The Morgan fingerprint density at radius 2 is 1.97 bits per heavy atom. The molecule has 0 atom stereocenters. The molecule has 0 bridgehead atoms. The predicted octanol–water partition coefficient (Wildman–Crippen LogP) is 3.62. The van der Waals surface area contributed by atoms with Crippen molar-refractivity contribution in [3.8, 4) is 11.5 Å². The van der Waals surface area contributed by atoms with E-state index in [1.165, 1.54) is 18.2 Å². The molecule has 150 valence electrons. The number of non-ortho nitro benzene ring substituents is 1. The molecule has 29 heavy (non-hydrogen) atoms. The highest BCUT2D eigenvalue weighted by Crippen LogP contribution is 2.26. The van der Waals surface area contributed by atoms with Crippen molar-refractivity contribution in [2.45, 2.75) is 5.22 Å². The third-order valence-corrected chi connectivity index (χ3v) is 4.81. The van der Waals surface area contributed by atoms with Crippen LogP contribution in [0.1, 0.15) is 0 Å². The Morgan fingerprint density at radius 3 is 2.69 bits per heavy atom. The van der Waals surface area contributed by atoms with E-state index in [0.717, 1.165) is 17.3 Å². The van der Waals surface area contributed by atoms with Crippen molar-refractivity contribution >= 4 is 40.6 Å². The smallest absolute Gasteiger partial charge is 0.277 e. The molecule has 1 aromatic heterocycles. The van der Waals surface area contributed by atoms with Crippen LogP contribution in [0.5, 0.6) is 0 Å². The minimum atomic E-state index is -0.514. The maximum Gasteiger partial charge on any atom is 0.277 e. The summed E-state index contributed by atoms with van der Waals surface area (Å²) in [5.41, 5.74) is 1.29. The molecule has 0 radical (unpaired) electrons. The number of thioether (sulfide) groups is 1. The van der Waals surface area contributed by atoms with Crippen LogP contribution in [-0.4, -0.2) is 39.9 Å². The number of rotatable bonds is 9. The molecule has 0 aliphatic rings. The van der Waals surface area contributed by atoms with Crippen LogP contribution in [-0.2, 0) is 4.79 Å². The summed E-state index contributed by atoms with van der Waals surface area (Å²) in [6.45, 7) is 0.762. The number of carbonyl (C=O) groups excluding carboxylic acids is 1. The summed E-state index contributed by atoms with van der Waals surface area (Å²) in [7, 11) is 0. The second kappa shape index (κ2) is 9.89. The van der Waals surface area contributed by atoms with Crippen molar-refractivity contribution in [1.29, 1.82) is 0 Å². The van der Waals surface area contributed by atoms with Gasteiger partial charge in [-0.2, -0.15) is 0 Å². The maximum absolute atomic E-state index is 11.9. The highest BCUT2D eigenvalue weighted by atomic mass is 35.5. The third kappa shape index (κ3) is 5.93. The minimum Gasteiger partial charge on any atom is -0.411 e. The molecule has 0 spiro atoms. The lowest BCUT2D eigenvalue weighted by molar-refractivity contribution is -0.384. The first kappa shape index (κ1) is 20.6. The van der Waals surface area contributed by atoms with Crippen molar-refractivity contribution in [3.63, 3.8) is 0 Å². The van der Waals surface area contributed by atoms with E-state index in [1.54, 1.807) is 0 Å². The topological polar surface area (TPSA) is 123 Å². The van der Waals surface area contributed by atoms with Crippen LogP contribution < -0.4 is 10.6 Å². The Balaban J connectivity index is 1.39. The van der Waals surface area contributed by atoms with E-state index in [0.29, 0.717) is 29.9 Å². The standard InChI is InChI=1S/C18H16ClN5O4S/c19-14-10-13(24(26)27)6-7-15(14)20-8-9-21-16(25)11-29-18-23-22-17(28-18)12-4-2-1-3-5-12/h1-7,10,20H,8-9,11H2,(H,21,25). The molecular formula is C18H16ClN5O4S. The largest absolute Gasteiger partial charge is 0.411 e. The van der Waals surface area contributed by atoms with Crippen LogP contribution in [0.3, 0.4) is 0 Å². The molecule has 3 rings (SSSR count). The van der Waals surface area contributed by atoms with Gasteiger partial charge >= 0.3 is 0 Å². The summed E-state index contributed by atoms with van der Waals surface area (Å²) >= 11 is 7.15. The fourth-order valence-electron chi connectivity index (χ4n) is 2.30. The van der Waals surface area contributed by atoms with Gasteiger partial charge in [-0.3, -0.25) is 14.9 Å². The van der Waals surface area contributed by atoms with E-state index in [1.807, 2.05) is 30.3 Å². The fourth-order valence-corrected chi connectivity index (χ4v) is 3.14. The van der Waals surface area contributed by atoms with Gasteiger partial charge in [0, 0.05) is 30.8 Å². The predicted molar refractivity (Wildman–Crippen MR) is 110 cm³/mol. The lowest BCUT2D eigenvalue weighted by atomic mass is 10.2. The van der Waals surface area contributed by atoms with Crippen LogP contribution in [0.25, 0.3) is 11.5 Å². The second-order valence-electron chi connectivity index (χ2n) is 5.73. The lowest BCUT2D eigenvalue weighted by Gasteiger charge is -2.09. The van der Waals surface area contributed by atoms with Gasteiger partial charge in [-0.1, -0.05) is 41.6 Å². The van der Waals surface area contributed by atoms with E-state index in [4.69, 9.17) is 16.0 Å². The number of carbonyl (C=O) groups is 1. The first-order chi connectivity index (χ1) is 14.0. The Bertz CT molecular complexity index is 999. The SMILES string of the molecule is O=C(CSc1nnc(-c2ccccc2)o1)NCCNc1ccc([N+](=O)[O-])cc1Cl. The van der Waals surface area contributed by atoms with Crippen molar-refractivity contribution < 1.29 is 14.1 Å². The molecule has 0 saturated heterocycles. The normalized spacial score (nSPS) is 10.5. The van der Waals surface area contributed by atoms with E-state index in [-0.39, 0.29) is 22.4 Å². The Morgan fingerprint density at radius 1 is 1.17 bits per heavy atom. The number of nitrogens with one attached hydrogen (secondary N) is 2. The summed E-state index contributed by atoms with van der Waals surface area (Å²) < 4.78 is 5.53. The average Bonchev–Trinajstić information content (AvgIpc) is 3.20. The Hall–Kier alpha value is -3.11. The summed E-state index contributed by atoms with van der Waals surface area (Å²) in [5.74, 6) is 0.345. The zero-order chi connectivity index (χ0) is 20.6. The highest BCUT2D eigenvalue weighted by molar-refractivity contribution is 7.99. The molecule has 11 heteroatoms. The third-order valence-electron chi connectivity index (χ3n) is 3.68. The molecule has 1 amide bonds. The maximum atomic E-state index is 11.9. The molecule has 1 heterocycles. The highest BCUT2D eigenvalue weighted by Gasteiger charge is 2.11. The van der Waals surface area contributed by atoms with Gasteiger partial charge < -0.3 is 15.1 Å². The van der Waals surface area contributed by atoms with Gasteiger partial charge in [0.2, 0.25) is 11.8 Å². The van der Waals surface area contributed by atoms with Crippen LogP contribution in [0, 0.1) is 10.1 Å². The van der Waals surface area contributed by atoms with Gasteiger partial charge in [-0.15, -0.1) is 10.2 Å². The van der Waals surface area contributed by atoms with Crippen molar-refractivity contribution in [3.05, 3.63) is 63.7 Å². The molecule has 9 nitrogen and oxygen atoms in total. The number of nitrogens with zero attached hydrogens (tertiary/aromatic N) is 3. The number of hydrogen-bond acceptors (Lipinski definition) is 8. The molecule has 3 aromatic rings. The number of amides is 1. The molecule has 0 fully saturated rings. The van der Waals surface area contributed by atoms with Gasteiger partial charge in [0.25, 0.3) is 10.9 Å². The molecule has 0 aliphatic heterocycles. The summed E-state index contributed by atoms with van der Waals surface area (Å²) in [5, 5.41) is 24.9. The quantitative estimate of drug-likeness (QED) is 0.227. The van der Waals surface area contributed by atoms with Crippen molar-refractivity contribution in [1.82, 2.24) is 15.5 Å². The second-order valence-corrected chi connectivity index (χ2v) is 7.06. The number of nitro groups is 1. The summed E-state index contributed by atoms with van der Waals surface area (Å²) in [4.78, 5) is 22.1. The zero-order valence-corrected chi connectivity index (χ0v) is 16.6. The van der Waals surface area contributed by atoms with Crippen LogP contribution in [0.2, 0.25) is 5.02 Å². The van der Waals surface area contributed by atoms with E-state index in [9.17, 15) is 14.9 Å². The van der Waals surface area contributed by atoms with Crippen LogP contribution >= 0.6 is 23.4 Å². The number of benzene rings is 2. The number of nitro benzene ring substituents is 1. The summed E-state index contributed by atoms with van der Waals surface area (Å²) in [6, 6.07) is 13.5. The van der Waals surface area contributed by atoms with Crippen molar-refractivity contribution in [2.24, 2.45) is 0 Å². The number of hydrogen-bond donors (Lipinski definition) is 2. The molecule has 0 unspecified atom stereocenters.